The zero-order valence-corrected chi connectivity index (χ0v) is 20.6. The predicted molar refractivity (Wildman–Crippen MR) is 133 cm³/mol. The van der Waals surface area contributed by atoms with Gasteiger partial charge in [0.2, 0.25) is 0 Å². The molecule has 9 heteroatoms. The van der Waals surface area contributed by atoms with Crippen LogP contribution in [0.15, 0.2) is 70.0 Å². The van der Waals surface area contributed by atoms with E-state index in [1.54, 1.807) is 54.6 Å². The second-order valence-corrected chi connectivity index (χ2v) is 8.99. The Morgan fingerprint density at radius 1 is 1.00 bits per heavy atom. The van der Waals surface area contributed by atoms with E-state index in [9.17, 15) is 14.0 Å². The van der Waals surface area contributed by atoms with Crippen molar-refractivity contribution in [1.29, 1.82) is 0 Å². The smallest absolute Gasteiger partial charge is 0.298 e. The molecule has 174 valence electrons. The van der Waals surface area contributed by atoms with Crippen LogP contribution in [-0.4, -0.2) is 25.4 Å². The molecule has 1 saturated heterocycles. The lowest BCUT2D eigenvalue weighted by Crippen LogP contribution is -2.28. The molecule has 0 saturated carbocycles. The molecule has 3 aromatic carbocycles. The van der Waals surface area contributed by atoms with Crippen LogP contribution in [0.5, 0.6) is 17.2 Å². The van der Waals surface area contributed by atoms with Gasteiger partial charge in [0.1, 0.15) is 18.2 Å². The highest BCUT2D eigenvalue weighted by molar-refractivity contribution is 9.10. The summed E-state index contributed by atoms with van der Waals surface area (Å²) >= 11 is 4.32. The monoisotopic (exact) mass is 543 g/mol. The highest BCUT2D eigenvalue weighted by Crippen LogP contribution is 2.42. The van der Waals surface area contributed by atoms with E-state index in [2.05, 4.69) is 15.9 Å². The van der Waals surface area contributed by atoms with Gasteiger partial charge in [0.05, 0.1) is 29.3 Å². The number of carbonyl (C=O) groups is 2. The predicted octanol–water partition coefficient (Wildman–Crippen LogP) is 6.43. The first-order chi connectivity index (χ1) is 16.4. The topological polar surface area (TPSA) is 65.1 Å². The van der Waals surface area contributed by atoms with Gasteiger partial charge in [-0.25, -0.2) is 9.29 Å². The van der Waals surface area contributed by atoms with Gasteiger partial charge in [-0.3, -0.25) is 9.59 Å². The Hall–Kier alpha value is -3.30. The van der Waals surface area contributed by atoms with Crippen molar-refractivity contribution in [2.45, 2.75) is 6.61 Å². The highest BCUT2D eigenvalue weighted by atomic mass is 79.9. The third kappa shape index (κ3) is 4.95. The maximum Gasteiger partial charge on any atom is 0.298 e. The fourth-order valence-electron chi connectivity index (χ4n) is 3.39. The number of para-hydroxylation sites is 2. The normalized spacial score (nSPS) is 14.6. The summed E-state index contributed by atoms with van der Waals surface area (Å²) in [5, 5.41) is -0.415. The average Bonchev–Trinajstić information content (AvgIpc) is 3.10. The number of halogens is 2. The first kappa shape index (κ1) is 23.8. The molecule has 6 nitrogen and oxygen atoms in total. The fraction of sp³-hybridized carbons (Fsp3) is 0.120. The van der Waals surface area contributed by atoms with Crippen molar-refractivity contribution in [3.8, 4) is 17.2 Å². The molecule has 3 aromatic rings. The summed E-state index contributed by atoms with van der Waals surface area (Å²) in [6.07, 6.45) is 1.62. The molecule has 1 heterocycles. The lowest BCUT2D eigenvalue weighted by atomic mass is 10.1. The maximum atomic E-state index is 13.4. The Bertz CT molecular complexity index is 1300. The van der Waals surface area contributed by atoms with Crippen LogP contribution in [0, 0.1) is 5.82 Å². The van der Waals surface area contributed by atoms with E-state index in [0.717, 1.165) is 16.7 Å². The number of benzene rings is 3. The van der Waals surface area contributed by atoms with Crippen molar-refractivity contribution in [3.63, 3.8) is 0 Å². The number of hydrogen-bond acceptors (Lipinski definition) is 6. The van der Waals surface area contributed by atoms with Crippen molar-refractivity contribution in [1.82, 2.24) is 0 Å². The molecular formula is C25H19BrFNO5S. The van der Waals surface area contributed by atoms with E-state index in [4.69, 9.17) is 14.2 Å². The van der Waals surface area contributed by atoms with Gasteiger partial charge in [-0.15, -0.1) is 0 Å². The van der Waals surface area contributed by atoms with E-state index < -0.39 is 11.1 Å². The van der Waals surface area contributed by atoms with Gasteiger partial charge in [0.25, 0.3) is 11.1 Å². The maximum absolute atomic E-state index is 13.4. The van der Waals surface area contributed by atoms with Crippen LogP contribution in [-0.2, 0) is 11.4 Å². The molecule has 0 radical (unpaired) electrons. The van der Waals surface area contributed by atoms with Gasteiger partial charge in [-0.1, -0.05) is 24.3 Å². The molecule has 0 N–H and O–H groups in total. The van der Waals surface area contributed by atoms with Crippen LogP contribution in [0.3, 0.4) is 0 Å². The van der Waals surface area contributed by atoms with Gasteiger partial charge < -0.3 is 14.2 Å². The highest BCUT2D eigenvalue weighted by Gasteiger charge is 2.37. The minimum absolute atomic E-state index is 0.143. The summed E-state index contributed by atoms with van der Waals surface area (Å²) in [6.45, 7) is 0.143. The Morgan fingerprint density at radius 2 is 1.76 bits per heavy atom. The molecule has 0 aliphatic carbocycles. The lowest BCUT2D eigenvalue weighted by Gasteiger charge is -2.15. The zero-order valence-electron chi connectivity index (χ0n) is 18.2. The number of thioether (sulfide) groups is 1. The molecule has 2 amide bonds. The van der Waals surface area contributed by atoms with Gasteiger partial charge in [-0.2, -0.15) is 0 Å². The van der Waals surface area contributed by atoms with Gasteiger partial charge >= 0.3 is 0 Å². The molecule has 34 heavy (non-hydrogen) atoms. The van der Waals surface area contributed by atoms with Crippen LogP contribution in [0.25, 0.3) is 6.08 Å². The van der Waals surface area contributed by atoms with E-state index in [-0.39, 0.29) is 17.3 Å². The van der Waals surface area contributed by atoms with Gasteiger partial charge in [0, 0.05) is 0 Å². The van der Waals surface area contributed by atoms with Crippen molar-refractivity contribution >= 4 is 50.6 Å². The summed E-state index contributed by atoms with van der Waals surface area (Å²) in [5.74, 6) is 0.493. The van der Waals surface area contributed by atoms with Crippen molar-refractivity contribution < 1.29 is 28.2 Å². The molecule has 1 aliphatic heterocycles. The van der Waals surface area contributed by atoms with Crippen molar-refractivity contribution in [3.05, 3.63) is 87.0 Å². The second kappa shape index (κ2) is 10.3. The number of methoxy groups -OCH3 is 2. The Balaban J connectivity index is 1.60. The SMILES string of the molecule is COc1ccccc1N1C(=O)S/C(=C\c2cc(Br)c(OCc3cccc(F)c3)c(OC)c2)C1=O. The molecule has 1 aliphatic rings. The minimum atomic E-state index is -0.443. The summed E-state index contributed by atoms with van der Waals surface area (Å²) in [5.41, 5.74) is 1.69. The Morgan fingerprint density at radius 3 is 2.50 bits per heavy atom. The van der Waals surface area contributed by atoms with E-state index in [1.165, 1.54) is 26.4 Å². The molecule has 0 atom stereocenters. The minimum Gasteiger partial charge on any atom is -0.495 e. The first-order valence-corrected chi connectivity index (χ1v) is 11.7. The lowest BCUT2D eigenvalue weighted by molar-refractivity contribution is -0.113. The van der Waals surface area contributed by atoms with Crippen LogP contribution in [0.4, 0.5) is 14.9 Å². The summed E-state index contributed by atoms with van der Waals surface area (Å²) < 4.78 is 30.6. The number of rotatable bonds is 7. The molecule has 0 aromatic heterocycles. The second-order valence-electron chi connectivity index (χ2n) is 7.14. The Labute approximate surface area is 208 Å². The summed E-state index contributed by atoms with van der Waals surface area (Å²) in [6, 6.07) is 16.4. The third-order valence-electron chi connectivity index (χ3n) is 4.94. The molecule has 1 fully saturated rings. The number of carbonyl (C=O) groups excluding carboxylic acids is 2. The fourth-order valence-corrected chi connectivity index (χ4v) is 4.80. The van der Waals surface area contributed by atoms with Gasteiger partial charge in [-0.05, 0) is 81.3 Å². The van der Waals surface area contributed by atoms with Crippen LogP contribution in [0.2, 0.25) is 0 Å². The van der Waals surface area contributed by atoms with Crippen molar-refractivity contribution in [2.24, 2.45) is 0 Å². The third-order valence-corrected chi connectivity index (χ3v) is 6.40. The number of anilines is 1. The number of hydrogen-bond donors (Lipinski definition) is 0. The van der Waals surface area contributed by atoms with Crippen molar-refractivity contribution in [2.75, 3.05) is 19.1 Å². The number of nitrogens with zero attached hydrogens (tertiary/aromatic N) is 1. The van der Waals surface area contributed by atoms with Crippen LogP contribution >= 0.6 is 27.7 Å². The van der Waals surface area contributed by atoms with E-state index >= 15 is 0 Å². The van der Waals surface area contributed by atoms with E-state index in [0.29, 0.717) is 38.5 Å². The van der Waals surface area contributed by atoms with Crippen LogP contribution in [0.1, 0.15) is 11.1 Å². The average molecular weight is 544 g/mol. The quantitative estimate of drug-likeness (QED) is 0.320. The first-order valence-electron chi connectivity index (χ1n) is 10.1. The molecular weight excluding hydrogens is 525 g/mol. The summed E-state index contributed by atoms with van der Waals surface area (Å²) in [7, 11) is 2.98. The molecule has 0 unspecified atom stereocenters. The van der Waals surface area contributed by atoms with E-state index in [1.807, 2.05) is 0 Å². The van der Waals surface area contributed by atoms with Gasteiger partial charge in [0.15, 0.2) is 11.5 Å². The summed E-state index contributed by atoms with van der Waals surface area (Å²) in [4.78, 5) is 27.0. The molecule has 0 bridgehead atoms. The molecule has 4 rings (SSSR count). The standard InChI is InChI=1S/C25H19BrFNO5S/c1-31-20-9-4-3-8-19(20)28-24(29)22(34-25(28)30)13-16-11-18(26)23(21(12-16)32-2)33-14-15-6-5-7-17(27)10-15/h3-13H,14H2,1-2H3/b22-13-. The van der Waals surface area contributed by atoms with Crippen LogP contribution < -0.4 is 19.1 Å². The largest absolute Gasteiger partial charge is 0.495 e. The number of imide groups is 1. The Kier molecular flexibility index (Phi) is 7.23. The zero-order chi connectivity index (χ0) is 24.2. The molecule has 0 spiro atoms. The number of ether oxygens (including phenoxy) is 3. The number of amides is 2.